The van der Waals surface area contributed by atoms with Gasteiger partial charge in [0.1, 0.15) is 5.75 Å². The molecular weight excluding hydrogens is 376 g/mol. The fourth-order valence-electron chi connectivity index (χ4n) is 2.89. The summed E-state index contributed by atoms with van der Waals surface area (Å²) in [6.07, 6.45) is 0. The Morgan fingerprint density at radius 1 is 0.387 bits per heavy atom. The van der Waals surface area contributed by atoms with Crippen molar-refractivity contribution in [2.75, 3.05) is 0 Å². The third-order valence-electron chi connectivity index (χ3n) is 4.47. The number of phenolic OH excluding ortho intramolecular Hbond substituents is 1. The van der Waals surface area contributed by atoms with Crippen LogP contribution < -0.4 is 0 Å². The second kappa shape index (κ2) is 9.71. The molecule has 0 unspecified atom stereocenters. The van der Waals surface area contributed by atoms with Gasteiger partial charge in [0.2, 0.25) is 0 Å². The van der Waals surface area contributed by atoms with Gasteiger partial charge in [0.15, 0.2) is 0 Å². The zero-order valence-electron chi connectivity index (χ0n) is 16.8. The maximum Gasteiger partial charge on any atom is 0.146 e. The lowest BCUT2D eigenvalue weighted by Crippen LogP contribution is -1.88. The first-order valence-electron chi connectivity index (χ1n) is 9.86. The van der Waals surface area contributed by atoms with Gasteiger partial charge in [-0.1, -0.05) is 90.1 Å². The molecule has 144 valence electrons. The normalized spacial score (nSPS) is 9.29. The van der Waals surface area contributed by atoms with Crippen LogP contribution in [0.25, 0.3) is 0 Å². The number of benzene rings is 4. The lowest BCUT2D eigenvalue weighted by Gasteiger charge is -2.03. The summed E-state index contributed by atoms with van der Waals surface area (Å²) in [5.41, 5.74) is 4.42. The van der Waals surface area contributed by atoms with E-state index in [0.29, 0.717) is 11.1 Å². The Labute approximate surface area is 183 Å². The van der Waals surface area contributed by atoms with Gasteiger partial charge in [-0.2, -0.15) is 0 Å². The van der Waals surface area contributed by atoms with E-state index in [9.17, 15) is 5.11 Å². The van der Waals surface area contributed by atoms with Crippen LogP contribution in [0.15, 0.2) is 103 Å². The van der Waals surface area contributed by atoms with Gasteiger partial charge in [-0.05, 0) is 48.5 Å². The van der Waals surface area contributed by atoms with Crippen molar-refractivity contribution >= 4 is 0 Å². The van der Waals surface area contributed by atoms with Crippen LogP contribution in [0.1, 0.15) is 33.4 Å². The van der Waals surface area contributed by atoms with Gasteiger partial charge in [-0.3, -0.25) is 0 Å². The first-order chi connectivity index (χ1) is 15.3. The molecular formula is C30H18O. The maximum atomic E-state index is 10.8. The zero-order chi connectivity index (χ0) is 21.3. The minimum absolute atomic E-state index is 0.0668. The minimum atomic E-state index is 0.0668. The summed E-state index contributed by atoms with van der Waals surface area (Å²) < 4.78 is 0. The molecule has 0 aromatic heterocycles. The number of aromatic hydroxyl groups is 1. The average molecular weight is 394 g/mol. The van der Waals surface area contributed by atoms with Crippen LogP contribution in [-0.4, -0.2) is 5.11 Å². The summed E-state index contributed by atoms with van der Waals surface area (Å²) in [5, 5.41) is 10.8. The molecule has 0 bridgehead atoms. The Morgan fingerprint density at radius 3 is 1.10 bits per heavy atom. The van der Waals surface area contributed by atoms with Crippen molar-refractivity contribution in [2.45, 2.75) is 0 Å². The summed E-state index contributed by atoms with van der Waals surface area (Å²) in [6.45, 7) is 0. The number of hydrogen-bond acceptors (Lipinski definition) is 1. The topological polar surface area (TPSA) is 20.2 Å². The van der Waals surface area contributed by atoms with Gasteiger partial charge >= 0.3 is 0 Å². The van der Waals surface area contributed by atoms with Gasteiger partial charge < -0.3 is 5.11 Å². The second-order valence-corrected chi connectivity index (χ2v) is 6.77. The quantitative estimate of drug-likeness (QED) is 0.385. The van der Waals surface area contributed by atoms with E-state index in [0.717, 1.165) is 22.3 Å². The lowest BCUT2D eigenvalue weighted by molar-refractivity contribution is 0.472. The summed E-state index contributed by atoms with van der Waals surface area (Å²) in [6, 6.07) is 32.7. The SMILES string of the molecule is Oc1c(C#Cc2ccccc2)cc(C#Cc2ccccc2)cc1C#Cc1ccccc1. The number of hydrogen-bond donors (Lipinski definition) is 1. The third kappa shape index (κ3) is 5.46. The predicted octanol–water partition coefficient (Wildman–Crippen LogP) is 5.59. The first kappa shape index (κ1) is 19.7. The van der Waals surface area contributed by atoms with E-state index in [-0.39, 0.29) is 5.75 Å². The molecule has 0 radical (unpaired) electrons. The Morgan fingerprint density at radius 2 is 0.710 bits per heavy atom. The van der Waals surface area contributed by atoms with Gasteiger partial charge in [0, 0.05) is 22.3 Å². The monoisotopic (exact) mass is 394 g/mol. The van der Waals surface area contributed by atoms with Crippen molar-refractivity contribution in [3.63, 3.8) is 0 Å². The van der Waals surface area contributed by atoms with Gasteiger partial charge in [0.25, 0.3) is 0 Å². The molecule has 4 aromatic rings. The smallest absolute Gasteiger partial charge is 0.146 e. The van der Waals surface area contributed by atoms with Crippen molar-refractivity contribution in [3.8, 4) is 41.3 Å². The van der Waals surface area contributed by atoms with E-state index in [2.05, 4.69) is 35.5 Å². The Bertz CT molecular complexity index is 1290. The van der Waals surface area contributed by atoms with E-state index in [4.69, 9.17) is 0 Å². The van der Waals surface area contributed by atoms with E-state index in [1.807, 2.05) is 91.0 Å². The molecule has 0 spiro atoms. The Balaban J connectivity index is 1.78. The molecule has 0 aliphatic heterocycles. The molecule has 0 amide bonds. The largest absolute Gasteiger partial charge is 0.505 e. The highest BCUT2D eigenvalue weighted by molar-refractivity contribution is 5.62. The highest BCUT2D eigenvalue weighted by Gasteiger charge is 2.06. The maximum absolute atomic E-state index is 10.8. The zero-order valence-corrected chi connectivity index (χ0v) is 16.8. The van der Waals surface area contributed by atoms with Crippen LogP contribution in [-0.2, 0) is 0 Å². The number of phenols is 1. The van der Waals surface area contributed by atoms with E-state index >= 15 is 0 Å². The fourth-order valence-corrected chi connectivity index (χ4v) is 2.89. The van der Waals surface area contributed by atoms with Crippen LogP contribution in [0, 0.1) is 35.5 Å². The highest BCUT2D eigenvalue weighted by atomic mass is 16.3. The standard InChI is InChI=1S/C30H18O/c31-30-28(20-18-25-12-6-2-7-13-25)22-27(17-16-24-10-4-1-5-11-24)23-29(30)21-19-26-14-8-3-9-15-26/h1-15,22-23,31H. The van der Waals surface area contributed by atoms with Crippen molar-refractivity contribution in [2.24, 2.45) is 0 Å². The van der Waals surface area contributed by atoms with Crippen LogP contribution in [0.4, 0.5) is 0 Å². The highest BCUT2D eigenvalue weighted by Crippen LogP contribution is 2.23. The molecule has 0 saturated carbocycles. The van der Waals surface area contributed by atoms with E-state index < -0.39 is 0 Å². The predicted molar refractivity (Wildman–Crippen MR) is 125 cm³/mol. The molecule has 1 heteroatoms. The molecule has 0 atom stereocenters. The first-order valence-corrected chi connectivity index (χ1v) is 9.86. The molecule has 1 nitrogen and oxygen atoms in total. The molecule has 1 N–H and O–H groups in total. The molecule has 0 heterocycles. The van der Waals surface area contributed by atoms with Gasteiger partial charge in [0.05, 0.1) is 11.1 Å². The van der Waals surface area contributed by atoms with Crippen molar-refractivity contribution in [1.29, 1.82) is 0 Å². The molecule has 0 aliphatic rings. The Hall–Kier alpha value is -4.64. The van der Waals surface area contributed by atoms with Crippen molar-refractivity contribution < 1.29 is 5.11 Å². The van der Waals surface area contributed by atoms with Gasteiger partial charge in [-0.15, -0.1) is 0 Å². The van der Waals surface area contributed by atoms with Gasteiger partial charge in [-0.25, -0.2) is 0 Å². The van der Waals surface area contributed by atoms with E-state index in [1.165, 1.54) is 0 Å². The summed E-state index contributed by atoms with van der Waals surface area (Å²) in [7, 11) is 0. The van der Waals surface area contributed by atoms with Crippen LogP contribution in [0.2, 0.25) is 0 Å². The molecule has 4 rings (SSSR count). The van der Waals surface area contributed by atoms with Crippen LogP contribution in [0.5, 0.6) is 5.75 Å². The fraction of sp³-hybridized carbons (Fsp3) is 0. The lowest BCUT2D eigenvalue weighted by atomic mass is 10.0. The number of rotatable bonds is 0. The molecule has 31 heavy (non-hydrogen) atoms. The minimum Gasteiger partial charge on any atom is -0.505 e. The van der Waals surface area contributed by atoms with Crippen LogP contribution >= 0.6 is 0 Å². The molecule has 4 aromatic carbocycles. The summed E-state index contributed by atoms with van der Waals surface area (Å²) in [5.74, 6) is 18.7. The molecule has 0 fully saturated rings. The summed E-state index contributed by atoms with van der Waals surface area (Å²) in [4.78, 5) is 0. The second-order valence-electron chi connectivity index (χ2n) is 6.77. The average Bonchev–Trinajstić information content (AvgIpc) is 2.83. The molecule has 0 saturated heterocycles. The van der Waals surface area contributed by atoms with E-state index in [1.54, 1.807) is 12.1 Å². The van der Waals surface area contributed by atoms with Crippen molar-refractivity contribution in [1.82, 2.24) is 0 Å². The summed E-state index contributed by atoms with van der Waals surface area (Å²) >= 11 is 0. The van der Waals surface area contributed by atoms with Crippen molar-refractivity contribution in [3.05, 3.63) is 137 Å². The van der Waals surface area contributed by atoms with Crippen LogP contribution in [0.3, 0.4) is 0 Å². The Kier molecular flexibility index (Phi) is 6.16. The third-order valence-corrected chi connectivity index (χ3v) is 4.47. The molecule has 0 aliphatic carbocycles.